The molecule has 0 aliphatic carbocycles. The Morgan fingerprint density at radius 3 is 3.00 bits per heavy atom. The fraction of sp³-hybridized carbons (Fsp3) is 0. The van der Waals surface area contributed by atoms with Gasteiger partial charge >= 0.3 is 0 Å². The molecule has 1 aromatic heterocycles. The van der Waals surface area contributed by atoms with Gasteiger partial charge in [0.05, 0.1) is 10.5 Å². The Morgan fingerprint density at radius 2 is 2.17 bits per heavy atom. The third-order valence-electron chi connectivity index (χ3n) is 1.72. The van der Waals surface area contributed by atoms with E-state index in [4.69, 9.17) is 11.6 Å². The fourth-order valence-electron chi connectivity index (χ4n) is 1.17. The molecule has 0 saturated carbocycles. The van der Waals surface area contributed by atoms with Crippen LogP contribution in [0.2, 0.25) is 5.02 Å². The number of benzene rings is 1. The van der Waals surface area contributed by atoms with Gasteiger partial charge in [-0.1, -0.05) is 23.7 Å². The first-order chi connectivity index (χ1) is 5.77. The van der Waals surface area contributed by atoms with Crippen LogP contribution < -0.4 is 0 Å². The van der Waals surface area contributed by atoms with E-state index in [1.165, 1.54) is 0 Å². The summed E-state index contributed by atoms with van der Waals surface area (Å²) in [6.07, 6.45) is 1.72. The first-order valence-electron chi connectivity index (χ1n) is 3.63. The molecule has 1 radical (unpaired) electrons. The zero-order valence-corrected chi connectivity index (χ0v) is 7.17. The van der Waals surface area contributed by atoms with Crippen LogP contribution in [0.4, 0.5) is 0 Å². The van der Waals surface area contributed by atoms with Crippen molar-refractivity contribution in [1.29, 1.82) is 0 Å². The van der Waals surface area contributed by atoms with E-state index in [0.29, 0.717) is 5.02 Å². The van der Waals surface area contributed by atoms with Crippen molar-refractivity contribution in [1.82, 2.24) is 4.98 Å². The fourth-order valence-corrected chi connectivity index (χ4v) is 1.40. The molecule has 0 fully saturated rings. The molecule has 1 nitrogen and oxygen atoms in total. The summed E-state index contributed by atoms with van der Waals surface area (Å²) in [5.74, 6) is 0. The standard InChI is InChI=1S/C10H7ClN/c1-7-5-8-3-2-4-9(11)10(8)12-6-7/h2-6H,1H2. The maximum Gasteiger partial charge on any atom is 0.0888 e. The monoisotopic (exact) mass is 176 g/mol. The van der Waals surface area contributed by atoms with E-state index in [0.717, 1.165) is 16.5 Å². The van der Waals surface area contributed by atoms with Gasteiger partial charge in [-0.25, -0.2) is 0 Å². The van der Waals surface area contributed by atoms with Crippen molar-refractivity contribution in [2.75, 3.05) is 0 Å². The molecule has 0 aliphatic heterocycles. The van der Waals surface area contributed by atoms with E-state index >= 15 is 0 Å². The van der Waals surface area contributed by atoms with Crippen LogP contribution >= 0.6 is 11.6 Å². The number of para-hydroxylation sites is 1. The zero-order valence-electron chi connectivity index (χ0n) is 6.42. The summed E-state index contributed by atoms with van der Waals surface area (Å²) in [6.45, 7) is 3.79. The number of hydrogen-bond donors (Lipinski definition) is 0. The van der Waals surface area contributed by atoms with Crippen LogP contribution in [0.15, 0.2) is 30.5 Å². The molecular formula is C10H7ClN. The molecule has 0 saturated heterocycles. The van der Waals surface area contributed by atoms with Crippen molar-refractivity contribution in [3.8, 4) is 0 Å². The summed E-state index contributed by atoms with van der Waals surface area (Å²) in [5.41, 5.74) is 1.75. The van der Waals surface area contributed by atoms with E-state index in [1.54, 1.807) is 6.20 Å². The molecule has 2 rings (SSSR count). The van der Waals surface area contributed by atoms with Crippen LogP contribution in [0.5, 0.6) is 0 Å². The van der Waals surface area contributed by atoms with Crippen LogP contribution in [-0.4, -0.2) is 4.98 Å². The molecule has 0 spiro atoms. The largest absolute Gasteiger partial charge is 0.254 e. The van der Waals surface area contributed by atoms with Crippen LogP contribution in [0.1, 0.15) is 5.56 Å². The zero-order chi connectivity index (χ0) is 8.55. The molecule has 59 valence electrons. The maximum absolute atomic E-state index is 5.93. The highest BCUT2D eigenvalue weighted by atomic mass is 35.5. The van der Waals surface area contributed by atoms with E-state index < -0.39 is 0 Å². The number of pyridine rings is 1. The Morgan fingerprint density at radius 1 is 1.33 bits per heavy atom. The maximum atomic E-state index is 5.93. The number of rotatable bonds is 0. The summed E-state index contributed by atoms with van der Waals surface area (Å²) in [4.78, 5) is 4.19. The van der Waals surface area contributed by atoms with Gasteiger partial charge in [-0.05, 0) is 24.6 Å². The predicted octanol–water partition coefficient (Wildman–Crippen LogP) is 3.07. The van der Waals surface area contributed by atoms with Crippen molar-refractivity contribution in [2.45, 2.75) is 0 Å². The summed E-state index contributed by atoms with van der Waals surface area (Å²) in [6, 6.07) is 7.68. The second-order valence-corrected chi connectivity index (χ2v) is 3.06. The Kier molecular flexibility index (Phi) is 1.74. The van der Waals surface area contributed by atoms with Gasteiger partial charge in [0.15, 0.2) is 0 Å². The number of fused-ring (bicyclic) bond motifs is 1. The average Bonchev–Trinajstić information content (AvgIpc) is 2.04. The molecule has 0 unspecified atom stereocenters. The lowest BCUT2D eigenvalue weighted by Crippen LogP contribution is -1.81. The quantitative estimate of drug-likeness (QED) is 0.601. The Balaban J connectivity index is 2.86. The van der Waals surface area contributed by atoms with Gasteiger partial charge in [0.25, 0.3) is 0 Å². The predicted molar refractivity (Wildman–Crippen MR) is 51.2 cm³/mol. The van der Waals surface area contributed by atoms with E-state index in [1.807, 2.05) is 24.3 Å². The second kappa shape index (κ2) is 2.76. The lowest BCUT2D eigenvalue weighted by molar-refractivity contribution is 1.38. The highest BCUT2D eigenvalue weighted by Gasteiger charge is 1.98. The van der Waals surface area contributed by atoms with Crippen LogP contribution in [0.25, 0.3) is 10.9 Å². The summed E-state index contributed by atoms with van der Waals surface area (Å²) >= 11 is 5.93. The SMILES string of the molecule is [CH2]c1cnc2c(Cl)cccc2c1. The van der Waals surface area contributed by atoms with Crippen molar-refractivity contribution in [3.05, 3.63) is 48.0 Å². The van der Waals surface area contributed by atoms with Crippen LogP contribution in [0.3, 0.4) is 0 Å². The number of halogens is 1. The molecule has 0 aliphatic rings. The second-order valence-electron chi connectivity index (χ2n) is 2.66. The Labute approximate surface area is 76.0 Å². The summed E-state index contributed by atoms with van der Waals surface area (Å²) in [5, 5.41) is 1.72. The topological polar surface area (TPSA) is 12.9 Å². The smallest absolute Gasteiger partial charge is 0.0888 e. The molecule has 0 bridgehead atoms. The first-order valence-corrected chi connectivity index (χ1v) is 4.01. The number of nitrogens with zero attached hydrogens (tertiary/aromatic N) is 1. The minimum absolute atomic E-state index is 0.688. The van der Waals surface area contributed by atoms with Gasteiger partial charge < -0.3 is 0 Å². The Bertz CT molecular complexity index is 423. The molecule has 0 amide bonds. The Hall–Kier alpha value is -1.08. The van der Waals surface area contributed by atoms with Gasteiger partial charge in [0.1, 0.15) is 0 Å². The normalized spacial score (nSPS) is 10.5. The molecular weight excluding hydrogens is 170 g/mol. The van der Waals surface area contributed by atoms with Gasteiger partial charge in [-0.3, -0.25) is 4.98 Å². The van der Waals surface area contributed by atoms with Crippen molar-refractivity contribution >= 4 is 22.5 Å². The van der Waals surface area contributed by atoms with E-state index in [9.17, 15) is 0 Å². The third kappa shape index (κ3) is 1.16. The molecule has 2 aromatic rings. The van der Waals surface area contributed by atoms with E-state index in [-0.39, 0.29) is 0 Å². The van der Waals surface area contributed by atoms with Crippen LogP contribution in [-0.2, 0) is 0 Å². The molecule has 0 N–H and O–H groups in total. The lowest BCUT2D eigenvalue weighted by Gasteiger charge is -1.99. The van der Waals surface area contributed by atoms with Gasteiger partial charge in [0, 0.05) is 11.6 Å². The summed E-state index contributed by atoms with van der Waals surface area (Å²) in [7, 11) is 0. The average molecular weight is 177 g/mol. The highest BCUT2D eigenvalue weighted by Crippen LogP contribution is 2.21. The minimum atomic E-state index is 0.688. The molecule has 2 heteroatoms. The number of aromatic nitrogens is 1. The van der Waals surface area contributed by atoms with Gasteiger partial charge in [-0.15, -0.1) is 0 Å². The first kappa shape index (κ1) is 7.56. The summed E-state index contributed by atoms with van der Waals surface area (Å²) < 4.78 is 0. The van der Waals surface area contributed by atoms with Crippen molar-refractivity contribution in [2.24, 2.45) is 0 Å². The number of hydrogen-bond acceptors (Lipinski definition) is 1. The molecule has 0 atom stereocenters. The van der Waals surface area contributed by atoms with Gasteiger partial charge in [-0.2, -0.15) is 0 Å². The lowest BCUT2D eigenvalue weighted by atomic mass is 10.2. The molecule has 12 heavy (non-hydrogen) atoms. The molecule has 1 heterocycles. The van der Waals surface area contributed by atoms with Crippen molar-refractivity contribution < 1.29 is 0 Å². The van der Waals surface area contributed by atoms with Crippen LogP contribution in [0, 0.1) is 6.92 Å². The van der Waals surface area contributed by atoms with Crippen molar-refractivity contribution in [3.63, 3.8) is 0 Å². The third-order valence-corrected chi connectivity index (χ3v) is 2.02. The molecule has 1 aromatic carbocycles. The highest BCUT2D eigenvalue weighted by molar-refractivity contribution is 6.35. The van der Waals surface area contributed by atoms with Gasteiger partial charge in [0.2, 0.25) is 0 Å². The minimum Gasteiger partial charge on any atom is -0.254 e. The van der Waals surface area contributed by atoms with E-state index in [2.05, 4.69) is 11.9 Å².